The minimum Gasteiger partial charge on any atom is -0.507 e. The highest BCUT2D eigenvalue weighted by Gasteiger charge is 2.24. The molecule has 69 heavy (non-hydrogen) atoms. The number of carboxylic acids is 1. The molecule has 0 amide bonds. The molecule has 4 heterocycles. The van der Waals surface area contributed by atoms with Crippen LogP contribution in [0, 0.1) is 0 Å². The highest BCUT2D eigenvalue weighted by atomic mass is 32.1. The molecule has 12 nitrogen and oxygen atoms in total. The molecule has 4 rings (SSSR count). The molecule has 2 atom stereocenters. The van der Waals surface area contributed by atoms with E-state index in [9.17, 15) is 39.0 Å². The van der Waals surface area contributed by atoms with E-state index in [-0.39, 0.29) is 55.1 Å². The Kier molecular flexibility index (Phi) is 28.4. The number of aromatic hydroxyl groups is 2. The van der Waals surface area contributed by atoms with E-state index in [2.05, 4.69) is 30.7 Å². The van der Waals surface area contributed by atoms with Crippen LogP contribution >= 0.6 is 22.7 Å². The van der Waals surface area contributed by atoms with Crippen molar-refractivity contribution in [1.29, 1.82) is 0 Å². The van der Waals surface area contributed by atoms with Gasteiger partial charge in [-0.15, -0.1) is 22.7 Å². The van der Waals surface area contributed by atoms with Crippen LogP contribution in [0.1, 0.15) is 197 Å². The van der Waals surface area contributed by atoms with Crippen molar-refractivity contribution in [1.82, 2.24) is 0 Å². The first-order chi connectivity index (χ1) is 32.0. The van der Waals surface area contributed by atoms with Gasteiger partial charge >= 0.3 is 23.2 Å². The van der Waals surface area contributed by atoms with Gasteiger partial charge in [0.05, 0.1) is 7.11 Å². The van der Waals surface area contributed by atoms with E-state index in [1.54, 1.807) is 61.7 Å². The number of carboxylic acid groups (broad SMARTS) is 1. The van der Waals surface area contributed by atoms with E-state index in [0.717, 1.165) is 41.5 Å². The van der Waals surface area contributed by atoms with Gasteiger partial charge in [-0.1, -0.05) is 93.2 Å². The third-order valence-electron chi connectivity index (χ3n) is 10.9. The van der Waals surface area contributed by atoms with Crippen LogP contribution in [0.15, 0.2) is 90.3 Å². The Balaban J connectivity index is 0.000000671. The number of carbonyl (C=O) groups is 4. The van der Waals surface area contributed by atoms with E-state index in [1.807, 2.05) is 19.1 Å². The summed E-state index contributed by atoms with van der Waals surface area (Å²) in [6, 6.07) is 10.7. The molecular weight excluding hydrogens is 917 g/mol. The van der Waals surface area contributed by atoms with Crippen LogP contribution in [0.4, 0.5) is 0 Å². The minimum atomic E-state index is -1.02. The van der Waals surface area contributed by atoms with Crippen molar-refractivity contribution in [2.75, 3.05) is 7.11 Å². The number of rotatable bonds is 26. The van der Waals surface area contributed by atoms with E-state index in [0.29, 0.717) is 36.8 Å². The van der Waals surface area contributed by atoms with Crippen molar-refractivity contribution in [2.45, 2.75) is 158 Å². The van der Waals surface area contributed by atoms with Gasteiger partial charge in [-0.2, -0.15) is 0 Å². The quantitative estimate of drug-likeness (QED) is 0.0233. The Morgan fingerprint density at radius 1 is 0.652 bits per heavy atom. The number of esters is 1. The number of ether oxygens (including phenoxy) is 1. The maximum atomic E-state index is 12.9. The molecule has 0 saturated heterocycles. The summed E-state index contributed by atoms with van der Waals surface area (Å²) in [4.78, 5) is 76.8. The molecule has 4 aromatic heterocycles. The van der Waals surface area contributed by atoms with Crippen molar-refractivity contribution < 1.29 is 48.1 Å². The maximum Gasteiger partial charge on any atom is 0.351 e. The fourth-order valence-electron chi connectivity index (χ4n) is 6.93. The first-order valence-corrected chi connectivity index (χ1v) is 24.6. The molecule has 0 aliphatic carbocycles. The number of hydrogen-bond acceptors (Lipinski definition) is 13. The molecule has 0 bridgehead atoms. The van der Waals surface area contributed by atoms with Crippen LogP contribution in [-0.2, 0) is 27.2 Å². The average molecular weight is 991 g/mol. The number of aryl methyl sites for hydroxylation is 2. The second-order valence-corrected chi connectivity index (χ2v) is 19.0. The van der Waals surface area contributed by atoms with Crippen LogP contribution < -0.4 is 11.3 Å². The normalized spacial score (nSPS) is 12.4. The minimum absolute atomic E-state index is 0. The van der Waals surface area contributed by atoms with Gasteiger partial charge in [-0.25, -0.2) is 19.2 Å². The van der Waals surface area contributed by atoms with Gasteiger partial charge in [0, 0.05) is 55.6 Å². The van der Waals surface area contributed by atoms with E-state index in [4.69, 9.17) is 13.9 Å². The van der Waals surface area contributed by atoms with Crippen LogP contribution in [0.2, 0.25) is 0 Å². The zero-order valence-electron chi connectivity index (χ0n) is 39.8. The Labute approximate surface area is 416 Å². The molecule has 0 fully saturated rings. The zero-order valence-corrected chi connectivity index (χ0v) is 41.4. The predicted octanol–water partition coefficient (Wildman–Crippen LogP) is 14.0. The van der Waals surface area contributed by atoms with E-state index < -0.39 is 40.5 Å². The molecule has 3 N–H and O–H groups in total. The van der Waals surface area contributed by atoms with Crippen LogP contribution in [0.5, 0.6) is 11.5 Å². The van der Waals surface area contributed by atoms with Crippen LogP contribution in [-0.4, -0.2) is 45.9 Å². The number of aliphatic carboxylic acids is 1. The van der Waals surface area contributed by atoms with Crippen molar-refractivity contribution >= 4 is 58.3 Å². The molecule has 0 saturated carbocycles. The molecule has 0 aliphatic heterocycles. The fourth-order valence-corrected chi connectivity index (χ4v) is 9.04. The number of carbonyl (C=O) groups excluding carboxylic acids is 3. The number of hydrogen-bond donors (Lipinski definition) is 3. The lowest BCUT2D eigenvalue weighted by atomic mass is 9.99. The number of thiophene rings is 2. The number of unbranched alkanes of at least 4 members (excludes halogenated alkanes) is 6. The Hall–Kier alpha value is -5.86. The SMILES string of the molecule is C.C.CCCCCCc1ccc(C=C(C)C(=O)c2c(O)cc(C(C)CC/C=C/C(=O)O)oc2=O)s1.CCCCCCc1ccc(C=C(C)C(=O)c2c(O)cc(C(C)CC/C=C/C(=O)OC)oc2=O)s1. The zero-order chi connectivity index (χ0) is 49.5. The van der Waals surface area contributed by atoms with Crippen LogP contribution in [0.25, 0.3) is 12.2 Å². The standard InChI is InChI=1S/C27H34O6S.C26H32O6S.2CH4/c1-5-6-7-8-12-20-14-15-21(34-20)16-19(3)26(30)25-22(28)17-23(33-27(25)31)18(2)11-9-10-13-24(29)32-4;1-4-5-6-7-11-19-13-14-20(33-19)15-18(3)25(30)24-21(27)16-22(32-26(24)31)17(2)10-8-9-12-23(28)29;;/h10,13-18,28H,5-9,11-12H2,1-4H3;9,12-17,27H,4-8,10-11H2,1-3H3,(H,28,29);2*1H4/b13-10+,19-16?;12-9+,18-15?;;. The van der Waals surface area contributed by atoms with Gasteiger partial charge < -0.3 is 28.9 Å². The Morgan fingerprint density at radius 3 is 1.42 bits per heavy atom. The molecule has 378 valence electrons. The van der Waals surface area contributed by atoms with Crippen LogP contribution in [0.3, 0.4) is 0 Å². The number of methoxy groups -OCH3 is 1. The first-order valence-electron chi connectivity index (χ1n) is 23.0. The summed E-state index contributed by atoms with van der Waals surface area (Å²) >= 11 is 3.25. The van der Waals surface area contributed by atoms with Crippen molar-refractivity contribution in [2.24, 2.45) is 0 Å². The number of allylic oxidation sites excluding steroid dienone is 4. The summed E-state index contributed by atoms with van der Waals surface area (Å²) in [5.41, 5.74) is -1.76. The Morgan fingerprint density at radius 2 is 1.06 bits per heavy atom. The van der Waals surface area contributed by atoms with Gasteiger partial charge in [0.25, 0.3) is 0 Å². The van der Waals surface area contributed by atoms with Gasteiger partial charge in [-0.3, -0.25) is 9.59 Å². The molecule has 0 radical (unpaired) electrons. The van der Waals surface area contributed by atoms with Crippen molar-refractivity contribution in [3.05, 3.63) is 135 Å². The monoisotopic (exact) mass is 990 g/mol. The molecule has 0 aliphatic rings. The number of ketones is 2. The summed E-state index contributed by atoms with van der Waals surface area (Å²) in [5, 5.41) is 29.5. The highest BCUT2D eigenvalue weighted by Crippen LogP contribution is 2.29. The van der Waals surface area contributed by atoms with Gasteiger partial charge in [0.15, 0.2) is 11.6 Å². The Bertz CT molecular complexity index is 2510. The lowest BCUT2D eigenvalue weighted by molar-refractivity contribution is -0.135. The molecule has 0 aromatic carbocycles. The second-order valence-electron chi connectivity index (χ2n) is 16.6. The molecule has 14 heteroatoms. The topological polar surface area (TPSA) is 199 Å². The van der Waals surface area contributed by atoms with Crippen molar-refractivity contribution in [3.63, 3.8) is 0 Å². The second kappa shape index (κ2) is 32.0. The molecule has 0 spiro atoms. The third kappa shape index (κ3) is 20.7. The predicted molar refractivity (Wildman–Crippen MR) is 280 cm³/mol. The average Bonchev–Trinajstić information content (AvgIpc) is 3.94. The third-order valence-corrected chi connectivity index (χ3v) is 13.1. The summed E-state index contributed by atoms with van der Waals surface area (Å²) in [7, 11) is 1.31. The highest BCUT2D eigenvalue weighted by molar-refractivity contribution is 7.13. The number of Topliss-reactive ketones (excluding diaryl/α,β-unsaturated/α-hetero) is 2. The smallest absolute Gasteiger partial charge is 0.351 e. The molecule has 4 aromatic rings. The first kappa shape index (κ1) is 61.2. The van der Waals surface area contributed by atoms with Gasteiger partial charge in [-0.05, 0) is 113 Å². The lowest BCUT2D eigenvalue weighted by Gasteiger charge is -2.11. The summed E-state index contributed by atoms with van der Waals surface area (Å²) in [6.07, 6.45) is 22.8. The largest absolute Gasteiger partial charge is 0.507 e. The maximum absolute atomic E-state index is 12.9. The summed E-state index contributed by atoms with van der Waals surface area (Å²) in [6.45, 7) is 11.3. The fraction of sp³-hybridized carbons (Fsp3) is 0.455. The molecule has 2 unspecified atom stereocenters. The summed E-state index contributed by atoms with van der Waals surface area (Å²) < 4.78 is 15.2. The van der Waals surface area contributed by atoms with Crippen molar-refractivity contribution in [3.8, 4) is 11.5 Å². The lowest BCUT2D eigenvalue weighted by Crippen LogP contribution is -2.16. The van der Waals surface area contributed by atoms with E-state index in [1.165, 1.54) is 79.7 Å². The van der Waals surface area contributed by atoms with Gasteiger partial charge in [0.2, 0.25) is 0 Å². The van der Waals surface area contributed by atoms with Gasteiger partial charge in [0.1, 0.15) is 34.1 Å². The van der Waals surface area contributed by atoms with E-state index >= 15 is 0 Å². The molecular formula is C55H74O12S2. The summed E-state index contributed by atoms with van der Waals surface area (Å²) in [5.74, 6) is -3.25.